The van der Waals surface area contributed by atoms with E-state index >= 15 is 0 Å². The fraction of sp³-hybridized carbons (Fsp3) is 0.167. The largest absolute Gasteiger partial charge is 0.484 e. The summed E-state index contributed by atoms with van der Waals surface area (Å²) in [6.07, 6.45) is 0.976. The van der Waals surface area contributed by atoms with Gasteiger partial charge in [0.25, 0.3) is 0 Å². The molecule has 0 aliphatic carbocycles. The molecule has 0 aromatic heterocycles. The van der Waals surface area contributed by atoms with Gasteiger partial charge in [0.05, 0.1) is 0 Å². The van der Waals surface area contributed by atoms with E-state index < -0.39 is 0 Å². The Morgan fingerprint density at radius 2 is 1.40 bits per heavy atom. The maximum Gasteiger partial charge on any atom is 0.131 e. The van der Waals surface area contributed by atoms with Gasteiger partial charge in [-0.15, -0.1) is 0 Å². The van der Waals surface area contributed by atoms with E-state index in [1.165, 1.54) is 27.8 Å². The van der Waals surface area contributed by atoms with Crippen LogP contribution in [0, 0.1) is 13.8 Å². The molecule has 0 saturated heterocycles. The van der Waals surface area contributed by atoms with E-state index in [2.05, 4.69) is 86.6 Å². The molecule has 3 aromatic carbocycles. The summed E-state index contributed by atoms with van der Waals surface area (Å²) in [5.41, 5.74) is 7.55. The molecule has 1 nitrogen and oxygen atoms in total. The first-order valence-electron chi connectivity index (χ1n) is 8.80. The minimum Gasteiger partial charge on any atom is -0.484 e. The first-order valence-corrected chi connectivity index (χ1v) is 8.80. The number of benzene rings is 3. The summed E-state index contributed by atoms with van der Waals surface area (Å²) in [5.74, 6) is 1.01. The smallest absolute Gasteiger partial charge is 0.131 e. The highest BCUT2D eigenvalue weighted by Gasteiger charge is 2.29. The quantitative estimate of drug-likeness (QED) is 0.546. The van der Waals surface area contributed by atoms with Crippen molar-refractivity contribution in [1.82, 2.24) is 0 Å². The molecule has 4 rings (SSSR count). The van der Waals surface area contributed by atoms with Crippen molar-refractivity contribution < 1.29 is 4.74 Å². The van der Waals surface area contributed by atoms with Gasteiger partial charge in [-0.25, -0.2) is 0 Å². The zero-order valence-corrected chi connectivity index (χ0v) is 14.7. The van der Waals surface area contributed by atoms with Crippen LogP contribution < -0.4 is 0 Å². The van der Waals surface area contributed by atoms with E-state index in [4.69, 9.17) is 4.74 Å². The molecule has 0 N–H and O–H groups in total. The molecule has 0 bridgehead atoms. The van der Waals surface area contributed by atoms with Gasteiger partial charge in [0, 0.05) is 17.6 Å². The molecule has 0 spiro atoms. The fourth-order valence-corrected chi connectivity index (χ4v) is 3.61. The van der Waals surface area contributed by atoms with Gasteiger partial charge in [-0.3, -0.25) is 0 Å². The molecule has 1 unspecified atom stereocenters. The lowest BCUT2D eigenvalue weighted by Gasteiger charge is -2.16. The highest BCUT2D eigenvalue weighted by atomic mass is 16.5. The Bertz CT molecular complexity index is 856. The SMILES string of the molecule is Cc1ccc(C2CC(c3ccccc3)=C(c3ccccc3)O2)c(C)c1. The standard InChI is InChI=1S/C24H22O/c1-17-13-14-21(18(2)15-17)23-16-22(19-9-5-3-6-10-19)24(25-23)20-11-7-4-8-12-20/h3-15,23H,16H2,1-2H3. The van der Waals surface area contributed by atoms with Crippen molar-refractivity contribution >= 4 is 11.3 Å². The third-order valence-corrected chi connectivity index (χ3v) is 4.85. The molecule has 25 heavy (non-hydrogen) atoms. The number of hydrogen-bond donors (Lipinski definition) is 0. The van der Waals surface area contributed by atoms with E-state index in [1.54, 1.807) is 0 Å². The third-order valence-electron chi connectivity index (χ3n) is 4.85. The maximum absolute atomic E-state index is 6.50. The van der Waals surface area contributed by atoms with Crippen LogP contribution >= 0.6 is 0 Å². The second-order valence-corrected chi connectivity index (χ2v) is 6.71. The van der Waals surface area contributed by atoms with Gasteiger partial charge in [-0.2, -0.15) is 0 Å². The first-order chi connectivity index (χ1) is 12.2. The minimum atomic E-state index is 0.0750. The molecule has 0 fully saturated rings. The van der Waals surface area contributed by atoms with Gasteiger partial charge in [0.2, 0.25) is 0 Å². The molecular weight excluding hydrogens is 304 g/mol. The van der Waals surface area contributed by atoms with Crippen LogP contribution in [0.3, 0.4) is 0 Å². The monoisotopic (exact) mass is 326 g/mol. The Morgan fingerprint density at radius 1 is 0.760 bits per heavy atom. The Balaban J connectivity index is 1.76. The summed E-state index contributed by atoms with van der Waals surface area (Å²) in [7, 11) is 0. The zero-order chi connectivity index (χ0) is 17.2. The fourth-order valence-electron chi connectivity index (χ4n) is 3.61. The summed E-state index contributed by atoms with van der Waals surface area (Å²) < 4.78 is 6.50. The van der Waals surface area contributed by atoms with Crippen LogP contribution in [0.2, 0.25) is 0 Å². The number of aryl methyl sites for hydroxylation is 2. The zero-order valence-electron chi connectivity index (χ0n) is 14.7. The van der Waals surface area contributed by atoms with Gasteiger partial charge < -0.3 is 4.74 Å². The molecule has 1 heterocycles. The maximum atomic E-state index is 6.50. The van der Waals surface area contributed by atoms with Gasteiger partial charge >= 0.3 is 0 Å². The lowest BCUT2D eigenvalue weighted by atomic mass is 9.94. The Morgan fingerprint density at radius 3 is 2.04 bits per heavy atom. The molecule has 1 atom stereocenters. The summed E-state index contributed by atoms with van der Waals surface area (Å²) >= 11 is 0. The molecule has 124 valence electrons. The van der Waals surface area contributed by atoms with Crippen molar-refractivity contribution in [3.8, 4) is 0 Å². The molecule has 3 aromatic rings. The van der Waals surface area contributed by atoms with Crippen molar-refractivity contribution in [2.75, 3.05) is 0 Å². The topological polar surface area (TPSA) is 9.23 Å². The molecule has 1 aliphatic heterocycles. The van der Waals surface area contributed by atoms with Gasteiger partial charge in [0.1, 0.15) is 11.9 Å². The second kappa shape index (κ2) is 6.60. The Kier molecular flexibility index (Phi) is 4.15. The van der Waals surface area contributed by atoms with Gasteiger partial charge in [-0.1, -0.05) is 84.4 Å². The Hall–Kier alpha value is -2.80. The van der Waals surface area contributed by atoms with Crippen LogP contribution in [0.15, 0.2) is 78.9 Å². The van der Waals surface area contributed by atoms with Crippen molar-refractivity contribution in [1.29, 1.82) is 0 Å². The lowest BCUT2D eigenvalue weighted by Crippen LogP contribution is -2.00. The molecule has 1 aliphatic rings. The van der Waals surface area contributed by atoms with Crippen molar-refractivity contribution in [3.63, 3.8) is 0 Å². The molecule has 1 heteroatoms. The Labute approximate surface area is 149 Å². The van der Waals surface area contributed by atoms with Crippen molar-refractivity contribution in [2.24, 2.45) is 0 Å². The van der Waals surface area contributed by atoms with Crippen LogP contribution in [-0.2, 0) is 4.74 Å². The summed E-state index contributed by atoms with van der Waals surface area (Å²) in [6.45, 7) is 4.31. The van der Waals surface area contributed by atoms with Crippen LogP contribution in [0.5, 0.6) is 0 Å². The van der Waals surface area contributed by atoms with E-state index in [9.17, 15) is 0 Å². The van der Waals surface area contributed by atoms with E-state index in [-0.39, 0.29) is 6.10 Å². The van der Waals surface area contributed by atoms with E-state index in [0.29, 0.717) is 0 Å². The van der Waals surface area contributed by atoms with E-state index in [0.717, 1.165) is 17.7 Å². The number of hydrogen-bond acceptors (Lipinski definition) is 1. The van der Waals surface area contributed by atoms with Gasteiger partial charge in [-0.05, 0) is 30.5 Å². The van der Waals surface area contributed by atoms with Crippen LogP contribution in [-0.4, -0.2) is 0 Å². The first kappa shape index (κ1) is 15.7. The number of ether oxygens (including phenoxy) is 1. The normalized spacial score (nSPS) is 16.8. The average Bonchev–Trinajstić information content (AvgIpc) is 3.08. The van der Waals surface area contributed by atoms with Gasteiger partial charge in [0.15, 0.2) is 0 Å². The highest BCUT2D eigenvalue weighted by Crippen LogP contribution is 2.45. The van der Waals surface area contributed by atoms with Crippen LogP contribution in [0.25, 0.3) is 11.3 Å². The highest BCUT2D eigenvalue weighted by molar-refractivity contribution is 5.89. The predicted octanol–water partition coefficient (Wildman–Crippen LogP) is 6.33. The minimum absolute atomic E-state index is 0.0750. The predicted molar refractivity (Wildman–Crippen MR) is 104 cm³/mol. The molecule has 0 saturated carbocycles. The molecule has 0 radical (unpaired) electrons. The lowest BCUT2D eigenvalue weighted by molar-refractivity contribution is 0.194. The number of rotatable bonds is 3. The summed E-state index contributed by atoms with van der Waals surface area (Å²) in [6, 6.07) is 27.7. The summed E-state index contributed by atoms with van der Waals surface area (Å²) in [4.78, 5) is 0. The second-order valence-electron chi connectivity index (χ2n) is 6.71. The molecular formula is C24H22O. The average molecular weight is 326 g/mol. The van der Waals surface area contributed by atoms with Crippen molar-refractivity contribution in [2.45, 2.75) is 26.4 Å². The molecule has 0 amide bonds. The third kappa shape index (κ3) is 3.10. The van der Waals surface area contributed by atoms with Crippen LogP contribution in [0.1, 0.15) is 40.3 Å². The van der Waals surface area contributed by atoms with Crippen LogP contribution in [0.4, 0.5) is 0 Å². The van der Waals surface area contributed by atoms with E-state index in [1.807, 2.05) is 6.07 Å². The summed E-state index contributed by atoms with van der Waals surface area (Å²) in [5, 5.41) is 0. The van der Waals surface area contributed by atoms with Crippen molar-refractivity contribution in [3.05, 3.63) is 107 Å².